The van der Waals surface area contributed by atoms with Crippen LogP contribution in [-0.4, -0.2) is 18.4 Å². The molecule has 1 aromatic carbocycles. The van der Waals surface area contributed by atoms with Gasteiger partial charge in [0.05, 0.1) is 10.6 Å². The van der Waals surface area contributed by atoms with Crippen LogP contribution in [0.4, 0.5) is 0 Å². The van der Waals surface area contributed by atoms with Crippen molar-refractivity contribution < 1.29 is 8.42 Å². The lowest BCUT2D eigenvalue weighted by Gasteiger charge is -2.11. The van der Waals surface area contributed by atoms with Crippen LogP contribution in [0.3, 0.4) is 0 Å². The third kappa shape index (κ3) is 3.92. The summed E-state index contributed by atoms with van der Waals surface area (Å²) in [6, 6.07) is 12.5. The molecule has 1 N–H and O–H groups in total. The average molecular weight is 353 g/mol. The van der Waals surface area contributed by atoms with E-state index in [1.807, 2.05) is 38.1 Å². The highest BCUT2D eigenvalue weighted by Gasteiger charge is 2.16. The normalized spacial score (nSPS) is 11.4. The summed E-state index contributed by atoms with van der Waals surface area (Å²) in [6.07, 6.45) is 5.07. The van der Waals surface area contributed by atoms with E-state index in [2.05, 4.69) is 14.7 Å². The van der Waals surface area contributed by atoms with E-state index in [0.29, 0.717) is 0 Å². The van der Waals surface area contributed by atoms with Gasteiger partial charge in [0.15, 0.2) is 0 Å². The van der Waals surface area contributed by atoms with Gasteiger partial charge in [0.2, 0.25) is 10.0 Å². The molecule has 6 heteroatoms. The van der Waals surface area contributed by atoms with Gasteiger partial charge in [-0.1, -0.05) is 12.1 Å². The number of benzene rings is 1. The van der Waals surface area contributed by atoms with Crippen LogP contribution in [-0.2, 0) is 16.6 Å². The summed E-state index contributed by atoms with van der Waals surface area (Å²) in [4.78, 5) is 8.66. The number of pyridine rings is 2. The fraction of sp³-hybridized carbons (Fsp3) is 0.158. The van der Waals surface area contributed by atoms with E-state index in [-0.39, 0.29) is 11.4 Å². The van der Waals surface area contributed by atoms with Crippen LogP contribution in [0.25, 0.3) is 11.3 Å². The molecule has 0 fully saturated rings. The summed E-state index contributed by atoms with van der Waals surface area (Å²) in [7, 11) is -3.59. The molecule has 3 rings (SSSR count). The number of hydrogen-bond acceptors (Lipinski definition) is 4. The second kappa shape index (κ2) is 7.13. The SMILES string of the molecule is Cc1ccc(S(=O)(=O)NCc2cccnc2-c2ccncc2)cc1C. The minimum atomic E-state index is -3.59. The molecule has 0 saturated carbocycles. The summed E-state index contributed by atoms with van der Waals surface area (Å²) in [5, 5.41) is 0. The molecule has 0 amide bonds. The van der Waals surface area contributed by atoms with Crippen molar-refractivity contribution in [2.75, 3.05) is 0 Å². The number of rotatable bonds is 5. The highest BCUT2D eigenvalue weighted by atomic mass is 32.2. The van der Waals surface area contributed by atoms with Gasteiger partial charge in [-0.25, -0.2) is 13.1 Å². The van der Waals surface area contributed by atoms with E-state index in [0.717, 1.165) is 27.9 Å². The average Bonchev–Trinajstić information content (AvgIpc) is 2.63. The highest BCUT2D eigenvalue weighted by molar-refractivity contribution is 7.89. The van der Waals surface area contributed by atoms with Gasteiger partial charge in [-0.2, -0.15) is 0 Å². The highest BCUT2D eigenvalue weighted by Crippen LogP contribution is 2.21. The van der Waals surface area contributed by atoms with Crippen molar-refractivity contribution in [2.45, 2.75) is 25.3 Å². The molecule has 0 bridgehead atoms. The zero-order valence-corrected chi connectivity index (χ0v) is 14.9. The molecule has 5 nitrogen and oxygen atoms in total. The predicted molar refractivity (Wildman–Crippen MR) is 97.4 cm³/mol. The Morgan fingerprint density at radius 2 is 1.72 bits per heavy atom. The molecule has 0 radical (unpaired) electrons. The summed E-state index contributed by atoms with van der Waals surface area (Å²) < 4.78 is 27.8. The van der Waals surface area contributed by atoms with E-state index >= 15 is 0 Å². The molecule has 3 aromatic rings. The Kier molecular flexibility index (Phi) is 4.92. The zero-order chi connectivity index (χ0) is 17.9. The molecule has 0 spiro atoms. The lowest BCUT2D eigenvalue weighted by molar-refractivity contribution is 0.581. The second-order valence-electron chi connectivity index (χ2n) is 5.82. The van der Waals surface area contributed by atoms with Crippen molar-refractivity contribution in [1.82, 2.24) is 14.7 Å². The molecule has 2 heterocycles. The Bertz CT molecular complexity index is 987. The van der Waals surface area contributed by atoms with Crippen molar-refractivity contribution in [1.29, 1.82) is 0 Å². The minimum Gasteiger partial charge on any atom is -0.265 e. The number of aromatic nitrogens is 2. The molecule has 0 saturated heterocycles. The lowest BCUT2D eigenvalue weighted by Crippen LogP contribution is -2.23. The molecule has 0 aliphatic heterocycles. The number of nitrogens with one attached hydrogen (secondary N) is 1. The van der Waals surface area contributed by atoms with Crippen LogP contribution < -0.4 is 4.72 Å². The van der Waals surface area contributed by atoms with Crippen molar-refractivity contribution in [3.05, 3.63) is 77.7 Å². The largest absolute Gasteiger partial charge is 0.265 e. The van der Waals surface area contributed by atoms with E-state index in [9.17, 15) is 8.42 Å². The topological polar surface area (TPSA) is 72.0 Å². The second-order valence-corrected chi connectivity index (χ2v) is 7.58. The molecule has 0 unspecified atom stereocenters. The van der Waals surface area contributed by atoms with Crippen LogP contribution in [0, 0.1) is 13.8 Å². The summed E-state index contributed by atoms with van der Waals surface area (Å²) in [6.45, 7) is 4.02. The van der Waals surface area contributed by atoms with Crippen LogP contribution in [0.15, 0.2) is 66.0 Å². The van der Waals surface area contributed by atoms with Crippen LogP contribution in [0.5, 0.6) is 0 Å². The first-order chi connectivity index (χ1) is 12.0. The summed E-state index contributed by atoms with van der Waals surface area (Å²) in [5.74, 6) is 0. The maximum absolute atomic E-state index is 12.6. The molecule has 0 aliphatic rings. The van der Waals surface area contributed by atoms with Gasteiger partial charge in [-0.3, -0.25) is 9.97 Å². The van der Waals surface area contributed by atoms with Gasteiger partial charge < -0.3 is 0 Å². The first-order valence-corrected chi connectivity index (χ1v) is 9.37. The monoisotopic (exact) mass is 353 g/mol. The fourth-order valence-corrected chi connectivity index (χ4v) is 3.58. The Balaban J connectivity index is 1.85. The molecular formula is C19H19N3O2S. The zero-order valence-electron chi connectivity index (χ0n) is 14.1. The fourth-order valence-electron chi connectivity index (χ4n) is 2.49. The predicted octanol–water partition coefficient (Wildman–Crippen LogP) is 3.24. The standard InChI is InChI=1S/C19H19N3O2S/c1-14-5-6-18(12-15(14)2)25(23,24)22-13-17-4-3-9-21-19(17)16-7-10-20-11-8-16/h3-12,22H,13H2,1-2H3. The number of sulfonamides is 1. The van der Waals surface area contributed by atoms with Gasteiger partial charge in [0.1, 0.15) is 0 Å². The van der Waals surface area contributed by atoms with Crippen LogP contribution >= 0.6 is 0 Å². The Hall–Kier alpha value is -2.57. The van der Waals surface area contributed by atoms with Crippen molar-refractivity contribution in [3.63, 3.8) is 0 Å². The first-order valence-electron chi connectivity index (χ1n) is 7.88. The molecule has 0 aliphatic carbocycles. The minimum absolute atomic E-state index is 0.167. The van der Waals surface area contributed by atoms with Gasteiger partial charge in [0.25, 0.3) is 0 Å². The van der Waals surface area contributed by atoms with Crippen molar-refractivity contribution in [2.24, 2.45) is 0 Å². The van der Waals surface area contributed by atoms with Gasteiger partial charge >= 0.3 is 0 Å². The Labute approximate surface area is 147 Å². The third-order valence-corrected chi connectivity index (χ3v) is 5.49. The maximum atomic E-state index is 12.6. The van der Waals surface area contributed by atoms with Gasteiger partial charge in [-0.05, 0) is 60.9 Å². The van der Waals surface area contributed by atoms with Crippen molar-refractivity contribution in [3.8, 4) is 11.3 Å². The third-order valence-electron chi connectivity index (χ3n) is 4.09. The van der Waals surface area contributed by atoms with Gasteiger partial charge in [0, 0.05) is 30.7 Å². The Morgan fingerprint density at radius 3 is 2.44 bits per heavy atom. The number of nitrogens with zero attached hydrogens (tertiary/aromatic N) is 2. The summed E-state index contributed by atoms with van der Waals surface area (Å²) in [5.41, 5.74) is 4.46. The maximum Gasteiger partial charge on any atom is 0.240 e. The molecule has 2 aromatic heterocycles. The first kappa shape index (κ1) is 17.3. The molecular weight excluding hydrogens is 334 g/mol. The quantitative estimate of drug-likeness (QED) is 0.764. The number of hydrogen-bond donors (Lipinski definition) is 1. The summed E-state index contributed by atoms with van der Waals surface area (Å²) >= 11 is 0. The van der Waals surface area contributed by atoms with E-state index in [1.165, 1.54) is 0 Å². The number of aryl methyl sites for hydroxylation is 2. The molecule has 25 heavy (non-hydrogen) atoms. The Morgan fingerprint density at radius 1 is 0.960 bits per heavy atom. The molecule has 128 valence electrons. The van der Waals surface area contributed by atoms with Crippen LogP contribution in [0.1, 0.15) is 16.7 Å². The van der Waals surface area contributed by atoms with E-state index in [4.69, 9.17) is 0 Å². The van der Waals surface area contributed by atoms with Crippen LogP contribution in [0.2, 0.25) is 0 Å². The van der Waals surface area contributed by atoms with E-state index < -0.39 is 10.0 Å². The smallest absolute Gasteiger partial charge is 0.240 e. The lowest BCUT2D eigenvalue weighted by atomic mass is 10.1. The van der Waals surface area contributed by atoms with Crippen molar-refractivity contribution >= 4 is 10.0 Å². The molecule has 0 atom stereocenters. The van der Waals surface area contributed by atoms with E-state index in [1.54, 1.807) is 36.8 Å². The van der Waals surface area contributed by atoms with Gasteiger partial charge in [-0.15, -0.1) is 0 Å².